The Morgan fingerprint density at radius 2 is 1.46 bits per heavy atom. The molecule has 26 heavy (non-hydrogen) atoms. The van der Waals surface area contributed by atoms with Gasteiger partial charge in [-0.2, -0.15) is 0 Å². The van der Waals surface area contributed by atoms with E-state index in [1.54, 1.807) is 0 Å². The lowest BCUT2D eigenvalue weighted by Gasteiger charge is -2.12. The highest BCUT2D eigenvalue weighted by Crippen LogP contribution is 2.25. The molecule has 0 radical (unpaired) electrons. The molecule has 2 aromatic carbocycles. The molecule has 3 aromatic rings. The Bertz CT molecular complexity index is 852. The van der Waals surface area contributed by atoms with Gasteiger partial charge in [-0.05, 0) is 57.0 Å². The molecule has 0 aliphatic rings. The number of hydrogen-bond donors (Lipinski definition) is 2. The average Bonchev–Trinajstić information content (AvgIpc) is 2.99. The number of carbonyl (C=O) groups is 1. The van der Waals surface area contributed by atoms with Crippen LogP contribution in [0.15, 0.2) is 36.4 Å². The van der Waals surface area contributed by atoms with Crippen molar-refractivity contribution in [3.8, 4) is 0 Å². The summed E-state index contributed by atoms with van der Waals surface area (Å²) in [4.78, 5) is 16.0. The van der Waals surface area contributed by atoms with Crippen molar-refractivity contribution in [1.29, 1.82) is 0 Å². The third kappa shape index (κ3) is 4.75. The first-order valence-electron chi connectivity index (χ1n) is 9.43. The number of amides is 1. The van der Waals surface area contributed by atoms with Crippen LogP contribution in [0.5, 0.6) is 0 Å². The van der Waals surface area contributed by atoms with Gasteiger partial charge in [-0.3, -0.25) is 4.79 Å². The number of H-pyrrole nitrogens is 1. The second-order valence-electron chi connectivity index (χ2n) is 5.95. The van der Waals surface area contributed by atoms with Crippen LogP contribution >= 0.6 is 0 Å². The zero-order valence-electron chi connectivity index (χ0n) is 17.4. The average molecular weight is 353 g/mol. The molecule has 0 spiro atoms. The second-order valence-corrected chi connectivity index (χ2v) is 5.95. The summed E-state index contributed by atoms with van der Waals surface area (Å²) in [5, 5.41) is 4.09. The van der Waals surface area contributed by atoms with Crippen LogP contribution in [0.3, 0.4) is 0 Å². The molecule has 0 saturated carbocycles. The lowest BCUT2D eigenvalue weighted by atomic mass is 9.99. The van der Waals surface area contributed by atoms with Gasteiger partial charge in [0.1, 0.15) is 0 Å². The van der Waals surface area contributed by atoms with Crippen molar-refractivity contribution in [3.63, 3.8) is 0 Å². The number of carbonyl (C=O) groups excluding carboxylic acids is 1. The molecule has 3 heteroatoms. The van der Waals surface area contributed by atoms with E-state index in [4.69, 9.17) is 0 Å². The number of nitrogens with one attached hydrogen (secondary N) is 2. The normalized spacial score (nSPS) is 9.69. The first kappa shape index (κ1) is 21.5. The van der Waals surface area contributed by atoms with Crippen LogP contribution in [-0.2, 0) is 0 Å². The predicted molar refractivity (Wildman–Crippen MR) is 114 cm³/mol. The number of aromatic nitrogens is 1. The number of benzene rings is 2. The number of hydrogen-bond acceptors (Lipinski definition) is 1. The fourth-order valence-corrected chi connectivity index (χ4v) is 3.13. The first-order chi connectivity index (χ1) is 12.5. The molecule has 1 heterocycles. The monoisotopic (exact) mass is 352 g/mol. The Labute approximate surface area is 157 Å². The summed E-state index contributed by atoms with van der Waals surface area (Å²) < 4.78 is 0. The molecule has 0 saturated heterocycles. The zero-order valence-corrected chi connectivity index (χ0v) is 17.4. The molecule has 0 bridgehead atoms. The van der Waals surface area contributed by atoms with Crippen molar-refractivity contribution in [1.82, 2.24) is 4.98 Å². The van der Waals surface area contributed by atoms with Gasteiger partial charge in [-0.25, -0.2) is 0 Å². The summed E-state index contributed by atoms with van der Waals surface area (Å²) >= 11 is 0. The maximum atomic E-state index is 12.7. The quantitative estimate of drug-likeness (QED) is 0.529. The van der Waals surface area contributed by atoms with Gasteiger partial charge in [-0.15, -0.1) is 0 Å². The number of aromatic amines is 1. The van der Waals surface area contributed by atoms with E-state index in [0.29, 0.717) is 0 Å². The Balaban J connectivity index is 0.000000791. The highest BCUT2D eigenvalue weighted by molar-refractivity contribution is 6.10. The third-order valence-corrected chi connectivity index (χ3v) is 3.95. The first-order valence-corrected chi connectivity index (χ1v) is 9.43. The Kier molecular flexibility index (Phi) is 8.11. The summed E-state index contributed by atoms with van der Waals surface area (Å²) in [6.07, 6.45) is 0. The summed E-state index contributed by atoms with van der Waals surface area (Å²) in [5.74, 6) is -0.0543. The molecule has 0 fully saturated rings. The number of anilines is 1. The predicted octanol–water partition coefficient (Wildman–Crippen LogP) is 6.71. The van der Waals surface area contributed by atoms with Crippen LogP contribution < -0.4 is 5.32 Å². The molecule has 0 aliphatic heterocycles. The molecule has 3 nitrogen and oxygen atoms in total. The minimum absolute atomic E-state index is 0.0543. The van der Waals surface area contributed by atoms with E-state index >= 15 is 0 Å². The molecular weight excluding hydrogens is 320 g/mol. The van der Waals surface area contributed by atoms with Crippen molar-refractivity contribution in [2.45, 2.75) is 55.4 Å². The van der Waals surface area contributed by atoms with Gasteiger partial charge in [0.2, 0.25) is 0 Å². The molecule has 2 N–H and O–H groups in total. The van der Waals surface area contributed by atoms with Crippen LogP contribution in [0.25, 0.3) is 10.9 Å². The highest BCUT2D eigenvalue weighted by Gasteiger charge is 2.14. The number of aryl methyl sites for hydroxylation is 4. The van der Waals surface area contributed by atoms with Crippen LogP contribution in [-0.4, -0.2) is 10.9 Å². The smallest absolute Gasteiger partial charge is 0.256 e. The zero-order chi connectivity index (χ0) is 19.9. The molecular formula is C23H32N2O. The van der Waals surface area contributed by atoms with Crippen molar-refractivity contribution in [3.05, 3.63) is 64.3 Å². The summed E-state index contributed by atoms with van der Waals surface area (Å²) in [6.45, 7) is 16.0. The van der Waals surface area contributed by atoms with E-state index < -0.39 is 0 Å². The van der Waals surface area contributed by atoms with Gasteiger partial charge >= 0.3 is 0 Å². The van der Waals surface area contributed by atoms with Crippen LogP contribution in [0.4, 0.5) is 5.69 Å². The fraction of sp³-hybridized carbons (Fsp3) is 0.348. The molecule has 1 amide bonds. The lowest BCUT2D eigenvalue weighted by molar-refractivity contribution is 0.102. The van der Waals surface area contributed by atoms with Gasteiger partial charge in [0.05, 0.1) is 5.69 Å². The fourth-order valence-electron chi connectivity index (χ4n) is 3.13. The topological polar surface area (TPSA) is 44.9 Å². The minimum Gasteiger partial charge on any atom is -0.359 e. The van der Waals surface area contributed by atoms with Crippen LogP contribution in [0, 0.1) is 27.7 Å². The third-order valence-electron chi connectivity index (χ3n) is 3.95. The van der Waals surface area contributed by atoms with Gasteiger partial charge in [-0.1, -0.05) is 51.5 Å². The summed E-state index contributed by atoms with van der Waals surface area (Å²) in [5.41, 5.74) is 6.91. The molecule has 1 aromatic heterocycles. The van der Waals surface area contributed by atoms with Crippen molar-refractivity contribution >= 4 is 22.5 Å². The maximum Gasteiger partial charge on any atom is 0.256 e. The van der Waals surface area contributed by atoms with Gasteiger partial charge in [0.25, 0.3) is 5.91 Å². The van der Waals surface area contributed by atoms with Gasteiger partial charge < -0.3 is 10.3 Å². The molecule has 0 aliphatic carbocycles. The Morgan fingerprint density at radius 1 is 0.885 bits per heavy atom. The van der Waals surface area contributed by atoms with Crippen molar-refractivity contribution in [2.75, 3.05) is 5.32 Å². The molecule has 140 valence electrons. The maximum absolute atomic E-state index is 12.7. The van der Waals surface area contributed by atoms with Crippen LogP contribution in [0.1, 0.15) is 60.4 Å². The Hall–Kier alpha value is -2.55. The van der Waals surface area contributed by atoms with Gasteiger partial charge in [0.15, 0.2) is 0 Å². The van der Waals surface area contributed by atoms with E-state index in [1.165, 1.54) is 5.56 Å². The lowest BCUT2D eigenvalue weighted by Crippen LogP contribution is -2.15. The number of fused-ring (bicyclic) bond motifs is 1. The van der Waals surface area contributed by atoms with E-state index in [0.717, 1.165) is 39.0 Å². The van der Waals surface area contributed by atoms with Crippen molar-refractivity contribution in [2.24, 2.45) is 0 Å². The Morgan fingerprint density at radius 3 is 2.04 bits per heavy atom. The SMILES string of the molecule is CC.CC.Cc1cc(C)c(C(=O)Nc2cccc3[nH]c(C)cc23)c(C)c1. The highest BCUT2D eigenvalue weighted by atomic mass is 16.1. The summed E-state index contributed by atoms with van der Waals surface area (Å²) in [7, 11) is 0. The molecule has 0 atom stereocenters. The molecule has 3 rings (SSSR count). The minimum atomic E-state index is -0.0543. The van der Waals surface area contributed by atoms with Gasteiger partial charge in [0, 0.05) is 22.2 Å². The summed E-state index contributed by atoms with van der Waals surface area (Å²) in [6, 6.07) is 12.0. The van der Waals surface area contributed by atoms with E-state index in [9.17, 15) is 4.79 Å². The second kappa shape index (κ2) is 9.81. The van der Waals surface area contributed by atoms with E-state index in [2.05, 4.69) is 16.4 Å². The molecule has 0 unspecified atom stereocenters. The van der Waals surface area contributed by atoms with Crippen LogP contribution in [0.2, 0.25) is 0 Å². The number of rotatable bonds is 2. The van der Waals surface area contributed by atoms with Crippen molar-refractivity contribution < 1.29 is 4.79 Å². The standard InChI is InChI=1S/C19H20N2O.2C2H6/c1-11-8-12(2)18(13(3)9-11)19(22)21-17-7-5-6-16-15(17)10-14(4)20-16;2*1-2/h5-10,20H,1-4H3,(H,21,22);2*1-2H3. The van der Waals surface area contributed by atoms with E-state index in [1.807, 2.05) is 85.7 Å². The largest absolute Gasteiger partial charge is 0.359 e. The van der Waals surface area contributed by atoms with E-state index in [-0.39, 0.29) is 5.91 Å².